The molecule has 0 aliphatic heterocycles. The van der Waals surface area contributed by atoms with Gasteiger partial charge in [0.1, 0.15) is 0 Å². The van der Waals surface area contributed by atoms with Gasteiger partial charge in [-0.3, -0.25) is 20.6 Å². The fourth-order valence-corrected chi connectivity index (χ4v) is 6.16. The minimum Gasteiger partial charge on any atom is -0.375 e. The number of nitrogen functional groups attached to an aromatic ring is 2. The Labute approximate surface area is 279 Å². The first kappa shape index (κ1) is 38.2. The number of amides is 4. The molecule has 0 saturated heterocycles. The fourth-order valence-electron chi connectivity index (χ4n) is 4.41. The number of rotatable bonds is 19. The Kier molecular flexibility index (Phi) is 18.0. The highest BCUT2D eigenvalue weighted by Crippen LogP contribution is 2.22. The molecule has 46 heavy (non-hydrogen) atoms. The van der Waals surface area contributed by atoms with E-state index < -0.39 is 6.03 Å². The van der Waals surface area contributed by atoms with E-state index >= 15 is 0 Å². The molecule has 0 unspecified atom stereocenters. The summed E-state index contributed by atoms with van der Waals surface area (Å²) in [6.45, 7) is 6.42. The third kappa shape index (κ3) is 16.4. The summed E-state index contributed by atoms with van der Waals surface area (Å²) in [7, 11) is 0. The zero-order chi connectivity index (χ0) is 33.7. The second kappa shape index (κ2) is 21.7. The van der Waals surface area contributed by atoms with Gasteiger partial charge in [0.2, 0.25) is 0 Å². The molecule has 0 radical (unpaired) electrons. The molecule has 0 aliphatic rings. The van der Waals surface area contributed by atoms with Gasteiger partial charge in [-0.2, -0.15) is 0 Å². The smallest absolute Gasteiger partial charge is 0.321 e. The van der Waals surface area contributed by atoms with Crippen molar-refractivity contribution in [1.29, 1.82) is 0 Å². The first-order valence-corrected chi connectivity index (χ1v) is 17.2. The predicted molar refractivity (Wildman–Crippen MR) is 190 cm³/mol. The molecule has 2 aromatic rings. The molecule has 17 heteroatoms. The van der Waals surface area contributed by atoms with Crippen LogP contribution in [0.2, 0.25) is 0 Å². The van der Waals surface area contributed by atoms with Gasteiger partial charge in [0, 0.05) is 35.9 Å². The zero-order valence-corrected chi connectivity index (χ0v) is 28.6. The molecule has 0 aromatic carbocycles. The first-order valence-electron chi connectivity index (χ1n) is 15.6. The van der Waals surface area contributed by atoms with Crippen molar-refractivity contribution in [3.63, 3.8) is 0 Å². The van der Waals surface area contributed by atoms with Gasteiger partial charge in [0.05, 0.1) is 11.4 Å². The molecule has 15 nitrogen and oxygen atoms in total. The van der Waals surface area contributed by atoms with Gasteiger partial charge in [-0.1, -0.05) is 11.6 Å². The second-order valence-corrected chi connectivity index (χ2v) is 12.9. The van der Waals surface area contributed by atoms with Crippen LogP contribution in [0, 0.1) is 13.8 Å². The van der Waals surface area contributed by atoms with Crippen LogP contribution in [0.1, 0.15) is 72.5 Å². The number of allylic oxidation sites excluding steroid dienone is 1. The molecule has 0 fully saturated rings. The van der Waals surface area contributed by atoms with Crippen LogP contribution in [0.15, 0.2) is 21.6 Å². The SMILES string of the molecule is Cc1nc(N)sc1CCCN=C(N)NC(=O)NCCCC/C(=C/CCCN)CCNC(=O)NC(N)=NCCCc1sc(N)nc1C. The van der Waals surface area contributed by atoms with Gasteiger partial charge >= 0.3 is 12.1 Å². The number of hydrogen-bond donors (Lipinski definition) is 9. The molecular formula is C29H51N13O2S2. The van der Waals surface area contributed by atoms with Crippen molar-refractivity contribution in [2.24, 2.45) is 27.2 Å². The van der Waals surface area contributed by atoms with Crippen molar-refractivity contribution in [1.82, 2.24) is 31.2 Å². The molecule has 256 valence electrons. The summed E-state index contributed by atoms with van der Waals surface area (Å²) in [6, 6.07) is -0.782. The molecule has 0 atom stereocenters. The van der Waals surface area contributed by atoms with Crippen LogP contribution in [0.3, 0.4) is 0 Å². The molecule has 0 spiro atoms. The van der Waals surface area contributed by atoms with Crippen molar-refractivity contribution in [2.45, 2.75) is 78.1 Å². The molecule has 0 saturated carbocycles. The third-order valence-corrected chi connectivity index (χ3v) is 8.87. The number of aryl methyl sites for hydroxylation is 4. The summed E-state index contributed by atoms with van der Waals surface area (Å²) in [5.41, 5.74) is 31.9. The Bertz CT molecular complexity index is 1320. The predicted octanol–water partition coefficient (Wildman–Crippen LogP) is 2.40. The summed E-state index contributed by atoms with van der Waals surface area (Å²) < 4.78 is 0. The standard InChI is InChI=1S/C29H51N13O2S2/c1-19-22(45-26(33)39-19)11-7-16-35-24(31)41-28(43)37-15-6-4-10-21(9-3-5-14-30)13-18-38-29(44)42-25(32)36-17-8-12-23-20(2)40-27(34)46-23/h9H,3-8,10-18,30H2,1-2H3,(H2,33,39)(H2,34,40)(H4,31,35,37,41,43)(H4,32,36,38,42,44)/b21-9-. The van der Waals surface area contributed by atoms with E-state index in [1.807, 2.05) is 13.8 Å². The number of anilines is 2. The van der Waals surface area contributed by atoms with Crippen LogP contribution in [0.25, 0.3) is 0 Å². The molecule has 4 amide bonds. The van der Waals surface area contributed by atoms with Crippen LogP contribution < -0.4 is 49.9 Å². The summed E-state index contributed by atoms with van der Waals surface area (Å²) in [6.07, 6.45) is 10.3. The molecule has 2 aromatic heterocycles. The van der Waals surface area contributed by atoms with Crippen molar-refractivity contribution < 1.29 is 9.59 Å². The van der Waals surface area contributed by atoms with Gasteiger partial charge in [-0.15, -0.1) is 22.7 Å². The van der Waals surface area contributed by atoms with Crippen LogP contribution in [-0.4, -0.2) is 66.7 Å². The van der Waals surface area contributed by atoms with Gasteiger partial charge in [-0.25, -0.2) is 19.6 Å². The zero-order valence-electron chi connectivity index (χ0n) is 27.0. The largest absolute Gasteiger partial charge is 0.375 e. The maximum Gasteiger partial charge on any atom is 0.321 e. The number of guanidine groups is 2. The van der Waals surface area contributed by atoms with E-state index in [9.17, 15) is 9.59 Å². The third-order valence-electron chi connectivity index (χ3n) is 6.77. The number of urea groups is 2. The lowest BCUT2D eigenvalue weighted by Crippen LogP contribution is -2.43. The number of aromatic nitrogens is 2. The van der Waals surface area contributed by atoms with E-state index in [0.717, 1.165) is 78.9 Å². The number of nitrogens with two attached hydrogens (primary N) is 5. The number of hydrogen-bond acceptors (Lipinski definition) is 11. The van der Waals surface area contributed by atoms with E-state index in [1.54, 1.807) is 0 Å². The normalized spacial score (nSPS) is 12.3. The highest BCUT2D eigenvalue weighted by Gasteiger charge is 2.08. The van der Waals surface area contributed by atoms with Gasteiger partial charge < -0.3 is 39.3 Å². The molecule has 2 heterocycles. The van der Waals surface area contributed by atoms with Gasteiger partial charge in [-0.05, 0) is 84.6 Å². The molecular weight excluding hydrogens is 627 g/mol. The topological polar surface area (TPSA) is 263 Å². The van der Waals surface area contributed by atoms with E-state index in [1.165, 1.54) is 28.2 Å². The second-order valence-electron chi connectivity index (χ2n) is 10.6. The highest BCUT2D eigenvalue weighted by molar-refractivity contribution is 7.15. The lowest BCUT2D eigenvalue weighted by Gasteiger charge is -2.11. The Morgan fingerprint density at radius 1 is 0.761 bits per heavy atom. The number of nitrogens with one attached hydrogen (secondary N) is 4. The summed E-state index contributed by atoms with van der Waals surface area (Å²) in [5, 5.41) is 11.9. The van der Waals surface area contributed by atoms with Crippen LogP contribution >= 0.6 is 22.7 Å². The average molecular weight is 678 g/mol. The number of thiazole rings is 2. The van der Waals surface area contributed by atoms with E-state index in [-0.39, 0.29) is 18.0 Å². The Balaban J connectivity index is 1.60. The molecule has 14 N–H and O–H groups in total. The van der Waals surface area contributed by atoms with E-state index in [0.29, 0.717) is 49.4 Å². The number of carbonyl (C=O) groups excluding carboxylic acids is 2. The van der Waals surface area contributed by atoms with Gasteiger partial charge in [0.25, 0.3) is 0 Å². The number of nitrogens with zero attached hydrogens (tertiary/aromatic N) is 4. The van der Waals surface area contributed by atoms with E-state index in [2.05, 4.69) is 47.3 Å². The van der Waals surface area contributed by atoms with E-state index in [4.69, 9.17) is 28.7 Å². The summed E-state index contributed by atoms with van der Waals surface area (Å²) in [4.78, 5) is 43.6. The summed E-state index contributed by atoms with van der Waals surface area (Å²) in [5.74, 6) is 0.162. The quantitative estimate of drug-likeness (QED) is 0.0457. The molecule has 0 bridgehead atoms. The number of carbonyl (C=O) groups is 2. The van der Waals surface area contributed by atoms with Crippen LogP contribution in [-0.2, 0) is 12.8 Å². The molecule has 2 rings (SSSR count). The Morgan fingerprint density at radius 3 is 1.76 bits per heavy atom. The minimum absolute atomic E-state index is 0.0780. The Morgan fingerprint density at radius 2 is 1.28 bits per heavy atom. The first-order chi connectivity index (χ1) is 22.1. The monoisotopic (exact) mass is 677 g/mol. The van der Waals surface area contributed by atoms with Crippen molar-refractivity contribution in [2.75, 3.05) is 44.2 Å². The van der Waals surface area contributed by atoms with Crippen LogP contribution in [0.5, 0.6) is 0 Å². The van der Waals surface area contributed by atoms with Crippen molar-refractivity contribution >= 4 is 56.9 Å². The maximum absolute atomic E-state index is 12.3. The minimum atomic E-state index is -0.397. The van der Waals surface area contributed by atoms with Crippen molar-refractivity contribution in [3.8, 4) is 0 Å². The number of aliphatic imine (C=N–C) groups is 2. The van der Waals surface area contributed by atoms with Gasteiger partial charge in [0.15, 0.2) is 22.2 Å². The molecule has 0 aliphatic carbocycles. The maximum atomic E-state index is 12.3. The average Bonchev–Trinajstić information content (AvgIpc) is 3.50. The number of unbranched alkanes of at least 4 members (excludes halogenated alkanes) is 2. The van der Waals surface area contributed by atoms with Crippen LogP contribution in [0.4, 0.5) is 19.9 Å². The lowest BCUT2D eigenvalue weighted by molar-refractivity contribution is 0.244. The van der Waals surface area contributed by atoms with Crippen molar-refractivity contribution in [3.05, 3.63) is 32.8 Å². The lowest BCUT2D eigenvalue weighted by atomic mass is 10.0. The summed E-state index contributed by atoms with van der Waals surface area (Å²) >= 11 is 2.96. The highest BCUT2D eigenvalue weighted by atomic mass is 32.1. The Hall–Kier alpha value is -3.96. The fraction of sp³-hybridized carbons (Fsp3) is 0.586.